The molecule has 1 aliphatic rings. The van der Waals surface area contributed by atoms with Crippen LogP contribution in [0.15, 0.2) is 29.9 Å². The van der Waals surface area contributed by atoms with E-state index in [1.165, 1.54) is 0 Å². The summed E-state index contributed by atoms with van der Waals surface area (Å²) in [6.45, 7) is 4.86. The molecule has 4 rings (SSSR count). The molecule has 0 atom stereocenters. The lowest BCUT2D eigenvalue weighted by Crippen LogP contribution is -2.49. The molecule has 0 radical (unpaired) electrons. The van der Waals surface area contributed by atoms with E-state index >= 15 is 0 Å². The molecule has 124 valence electrons. The number of rotatable bonds is 3. The van der Waals surface area contributed by atoms with Crippen LogP contribution in [0, 0.1) is 6.92 Å². The Balaban J connectivity index is 1.45. The van der Waals surface area contributed by atoms with Crippen molar-refractivity contribution in [3.05, 3.63) is 40.6 Å². The van der Waals surface area contributed by atoms with Crippen molar-refractivity contribution in [3.8, 4) is 0 Å². The van der Waals surface area contributed by atoms with Crippen LogP contribution in [-0.4, -0.2) is 56.6 Å². The molecule has 4 heterocycles. The fourth-order valence-electron chi connectivity index (χ4n) is 2.99. The molecule has 3 aromatic heterocycles. The molecule has 0 bridgehead atoms. The van der Waals surface area contributed by atoms with E-state index in [9.17, 15) is 4.79 Å². The highest BCUT2D eigenvalue weighted by molar-refractivity contribution is 7.10. The van der Waals surface area contributed by atoms with E-state index < -0.39 is 0 Å². The second-order valence-corrected chi connectivity index (χ2v) is 6.85. The van der Waals surface area contributed by atoms with Crippen LogP contribution in [0.25, 0.3) is 5.65 Å². The van der Waals surface area contributed by atoms with Gasteiger partial charge in [0, 0.05) is 43.4 Å². The Kier molecular flexibility index (Phi) is 3.89. The van der Waals surface area contributed by atoms with E-state index in [0.29, 0.717) is 19.5 Å². The van der Waals surface area contributed by atoms with Crippen LogP contribution < -0.4 is 4.90 Å². The van der Waals surface area contributed by atoms with Gasteiger partial charge in [0.05, 0.1) is 6.42 Å². The molecular weight excluding hydrogens is 324 g/mol. The number of hydrogen-bond donors (Lipinski definition) is 0. The number of carbonyl (C=O) groups is 1. The minimum Gasteiger partial charge on any atom is -0.350 e. The van der Waals surface area contributed by atoms with Crippen LogP contribution in [0.2, 0.25) is 0 Å². The molecule has 8 heteroatoms. The van der Waals surface area contributed by atoms with E-state index in [1.807, 2.05) is 39.9 Å². The average molecular weight is 342 g/mol. The van der Waals surface area contributed by atoms with Crippen LogP contribution in [0.5, 0.6) is 0 Å². The third kappa shape index (κ3) is 2.73. The van der Waals surface area contributed by atoms with Crippen LogP contribution in [0.3, 0.4) is 0 Å². The number of amides is 1. The largest absolute Gasteiger partial charge is 0.350 e. The van der Waals surface area contributed by atoms with E-state index in [-0.39, 0.29) is 5.91 Å². The minimum absolute atomic E-state index is 0.196. The first-order chi connectivity index (χ1) is 11.7. The molecule has 3 aromatic rings. The molecule has 0 N–H and O–H groups in total. The number of nitrogens with zero attached hydrogens (tertiary/aromatic N) is 6. The fourth-order valence-corrected chi connectivity index (χ4v) is 3.69. The Morgan fingerprint density at radius 3 is 2.83 bits per heavy atom. The third-order valence-corrected chi connectivity index (χ3v) is 5.19. The molecule has 0 spiro atoms. The van der Waals surface area contributed by atoms with Gasteiger partial charge < -0.3 is 9.80 Å². The first-order valence-electron chi connectivity index (χ1n) is 7.94. The van der Waals surface area contributed by atoms with Crippen molar-refractivity contribution in [1.29, 1.82) is 0 Å². The number of carbonyl (C=O) groups excluding carboxylic acids is 1. The standard InChI is InChI=1S/C16H18N6OS/c1-12-18-19-16-15(17-4-5-22(12)16)21-8-6-20(7-9-21)14(23)11-13-3-2-10-24-13/h2-5,10H,6-9,11H2,1H3. The highest BCUT2D eigenvalue weighted by Crippen LogP contribution is 2.19. The van der Waals surface area contributed by atoms with E-state index in [0.717, 1.165) is 35.3 Å². The number of thiophene rings is 1. The van der Waals surface area contributed by atoms with Gasteiger partial charge in [0.25, 0.3) is 0 Å². The van der Waals surface area contributed by atoms with Crippen molar-refractivity contribution >= 4 is 28.7 Å². The second-order valence-electron chi connectivity index (χ2n) is 5.82. The van der Waals surface area contributed by atoms with Gasteiger partial charge in [0.1, 0.15) is 5.82 Å². The first-order valence-corrected chi connectivity index (χ1v) is 8.82. The predicted octanol–water partition coefficient (Wildman–Crippen LogP) is 1.39. The smallest absolute Gasteiger partial charge is 0.227 e. The Morgan fingerprint density at radius 1 is 1.25 bits per heavy atom. The Hall–Kier alpha value is -2.48. The van der Waals surface area contributed by atoms with Crippen molar-refractivity contribution < 1.29 is 4.79 Å². The molecule has 1 saturated heterocycles. The fraction of sp³-hybridized carbons (Fsp3) is 0.375. The highest BCUT2D eigenvalue weighted by Gasteiger charge is 2.24. The summed E-state index contributed by atoms with van der Waals surface area (Å²) in [5, 5.41) is 10.4. The molecule has 0 saturated carbocycles. The monoisotopic (exact) mass is 342 g/mol. The molecule has 24 heavy (non-hydrogen) atoms. The quantitative estimate of drug-likeness (QED) is 0.719. The molecule has 0 aromatic carbocycles. The Bertz CT molecular complexity index is 851. The molecule has 0 unspecified atom stereocenters. The van der Waals surface area contributed by atoms with Crippen LogP contribution in [-0.2, 0) is 11.2 Å². The number of hydrogen-bond acceptors (Lipinski definition) is 6. The van der Waals surface area contributed by atoms with Gasteiger partial charge in [-0.15, -0.1) is 21.5 Å². The summed E-state index contributed by atoms with van der Waals surface area (Å²) in [6, 6.07) is 4.00. The van der Waals surface area contributed by atoms with E-state index in [1.54, 1.807) is 17.5 Å². The van der Waals surface area contributed by atoms with Gasteiger partial charge in [-0.05, 0) is 18.4 Å². The maximum absolute atomic E-state index is 12.4. The number of aryl methyl sites for hydroxylation is 1. The lowest BCUT2D eigenvalue weighted by Gasteiger charge is -2.35. The number of fused-ring (bicyclic) bond motifs is 1. The molecule has 0 aliphatic carbocycles. The van der Waals surface area contributed by atoms with Crippen molar-refractivity contribution in [2.75, 3.05) is 31.1 Å². The average Bonchev–Trinajstić information content (AvgIpc) is 3.25. The molecular formula is C16H18N6OS. The summed E-state index contributed by atoms with van der Waals surface area (Å²) in [7, 11) is 0. The van der Waals surface area contributed by atoms with Gasteiger partial charge in [0.15, 0.2) is 5.82 Å². The van der Waals surface area contributed by atoms with Crippen molar-refractivity contribution in [3.63, 3.8) is 0 Å². The summed E-state index contributed by atoms with van der Waals surface area (Å²) < 4.78 is 1.94. The SMILES string of the molecule is Cc1nnc2c(N3CCN(C(=O)Cc4cccs4)CC3)nccn12. The third-order valence-electron chi connectivity index (χ3n) is 4.32. The minimum atomic E-state index is 0.196. The van der Waals surface area contributed by atoms with Gasteiger partial charge in [-0.25, -0.2) is 4.98 Å². The zero-order valence-electron chi connectivity index (χ0n) is 13.4. The Morgan fingerprint density at radius 2 is 2.08 bits per heavy atom. The zero-order chi connectivity index (χ0) is 16.5. The normalized spacial score (nSPS) is 15.2. The maximum Gasteiger partial charge on any atom is 0.227 e. The van der Waals surface area contributed by atoms with Gasteiger partial charge in [-0.2, -0.15) is 0 Å². The second kappa shape index (κ2) is 6.20. The van der Waals surface area contributed by atoms with Crippen molar-refractivity contribution in [2.45, 2.75) is 13.3 Å². The molecule has 1 fully saturated rings. The van der Waals surface area contributed by atoms with Crippen LogP contribution >= 0.6 is 11.3 Å². The van der Waals surface area contributed by atoms with E-state index in [2.05, 4.69) is 20.1 Å². The topological polar surface area (TPSA) is 66.6 Å². The first kappa shape index (κ1) is 15.1. The summed E-state index contributed by atoms with van der Waals surface area (Å²) in [6.07, 6.45) is 4.14. The number of piperazine rings is 1. The van der Waals surface area contributed by atoms with E-state index in [4.69, 9.17) is 0 Å². The lowest BCUT2D eigenvalue weighted by molar-refractivity contribution is -0.130. The Labute approximate surface area is 143 Å². The van der Waals surface area contributed by atoms with Crippen LogP contribution in [0.1, 0.15) is 10.7 Å². The van der Waals surface area contributed by atoms with Gasteiger partial charge in [0.2, 0.25) is 11.6 Å². The lowest BCUT2D eigenvalue weighted by atomic mass is 10.2. The van der Waals surface area contributed by atoms with Crippen molar-refractivity contribution in [2.24, 2.45) is 0 Å². The molecule has 1 amide bonds. The summed E-state index contributed by atoms with van der Waals surface area (Å²) in [4.78, 5) is 22.1. The summed E-state index contributed by atoms with van der Waals surface area (Å²) in [5.74, 6) is 1.88. The summed E-state index contributed by atoms with van der Waals surface area (Å²) in [5.41, 5.74) is 0.772. The maximum atomic E-state index is 12.4. The number of anilines is 1. The van der Waals surface area contributed by atoms with Gasteiger partial charge >= 0.3 is 0 Å². The highest BCUT2D eigenvalue weighted by atomic mass is 32.1. The summed E-state index contributed by atoms with van der Waals surface area (Å²) >= 11 is 1.63. The molecule has 7 nitrogen and oxygen atoms in total. The van der Waals surface area contributed by atoms with Crippen LogP contribution in [0.4, 0.5) is 5.82 Å². The zero-order valence-corrected chi connectivity index (χ0v) is 14.2. The van der Waals surface area contributed by atoms with Crippen molar-refractivity contribution in [1.82, 2.24) is 24.5 Å². The molecule has 1 aliphatic heterocycles. The van der Waals surface area contributed by atoms with Gasteiger partial charge in [-0.1, -0.05) is 6.07 Å². The van der Waals surface area contributed by atoms with Gasteiger partial charge in [-0.3, -0.25) is 9.20 Å². The predicted molar refractivity (Wildman–Crippen MR) is 92.3 cm³/mol. The number of aromatic nitrogens is 4.